The van der Waals surface area contributed by atoms with Gasteiger partial charge in [-0.1, -0.05) is 12.1 Å². The first-order valence-electron chi connectivity index (χ1n) is 9.52. The van der Waals surface area contributed by atoms with Crippen molar-refractivity contribution < 1.29 is 13.9 Å². The summed E-state index contributed by atoms with van der Waals surface area (Å²) >= 11 is 0. The molecule has 1 amide bonds. The molecular weight excluding hydrogens is 319 g/mol. The number of nitrogens with zero attached hydrogens (tertiary/aromatic N) is 2. The van der Waals surface area contributed by atoms with Crippen LogP contribution in [0.5, 0.6) is 0 Å². The standard InChI is InChI=1S/C20H27FN2O2/c1-14(15-2-3-15)23(18-8-9-18)20(24)13-22-10-11-25-19(12-22)16-4-6-17(21)7-5-16/h4-7,14-15,18-19H,2-3,8-13H2,1H3/t14-,19+/m0/s1. The van der Waals surface area contributed by atoms with Crippen LogP contribution in [-0.4, -0.2) is 54.0 Å². The van der Waals surface area contributed by atoms with E-state index in [2.05, 4.69) is 16.7 Å². The third-order valence-electron chi connectivity index (χ3n) is 5.72. The maximum Gasteiger partial charge on any atom is 0.237 e. The number of morpholine rings is 1. The second kappa shape index (κ2) is 7.04. The largest absolute Gasteiger partial charge is 0.371 e. The number of rotatable bonds is 6. The zero-order valence-corrected chi connectivity index (χ0v) is 14.9. The van der Waals surface area contributed by atoms with Gasteiger partial charge in [0.25, 0.3) is 0 Å². The van der Waals surface area contributed by atoms with Gasteiger partial charge in [-0.25, -0.2) is 4.39 Å². The van der Waals surface area contributed by atoms with E-state index in [4.69, 9.17) is 4.74 Å². The van der Waals surface area contributed by atoms with Crippen molar-refractivity contribution in [1.82, 2.24) is 9.80 Å². The highest BCUT2D eigenvalue weighted by Crippen LogP contribution is 2.39. The molecule has 136 valence electrons. The molecule has 0 aromatic heterocycles. The van der Waals surface area contributed by atoms with E-state index in [1.807, 2.05) is 0 Å². The van der Waals surface area contributed by atoms with Crippen LogP contribution in [0.2, 0.25) is 0 Å². The van der Waals surface area contributed by atoms with Crippen molar-refractivity contribution in [2.75, 3.05) is 26.2 Å². The Hall–Kier alpha value is -1.46. The lowest BCUT2D eigenvalue weighted by Crippen LogP contribution is -2.49. The summed E-state index contributed by atoms with van der Waals surface area (Å²) in [5, 5.41) is 0. The third-order valence-corrected chi connectivity index (χ3v) is 5.72. The number of hydrogen-bond acceptors (Lipinski definition) is 3. The summed E-state index contributed by atoms with van der Waals surface area (Å²) in [6.07, 6.45) is 4.76. The molecule has 3 aliphatic rings. The molecule has 0 N–H and O–H groups in total. The Morgan fingerprint density at radius 1 is 1.28 bits per heavy atom. The van der Waals surface area contributed by atoms with Gasteiger partial charge >= 0.3 is 0 Å². The van der Waals surface area contributed by atoms with Gasteiger partial charge in [-0.15, -0.1) is 0 Å². The Morgan fingerprint density at radius 2 is 2.00 bits per heavy atom. The van der Waals surface area contributed by atoms with Crippen LogP contribution in [0.25, 0.3) is 0 Å². The molecule has 1 aromatic rings. The summed E-state index contributed by atoms with van der Waals surface area (Å²) in [6, 6.07) is 7.34. The molecule has 2 aliphatic carbocycles. The first-order chi connectivity index (χ1) is 12.1. The Kier molecular flexibility index (Phi) is 4.78. The lowest BCUT2D eigenvalue weighted by Gasteiger charge is -2.36. The highest BCUT2D eigenvalue weighted by molar-refractivity contribution is 5.79. The van der Waals surface area contributed by atoms with Crippen LogP contribution in [0, 0.1) is 11.7 Å². The average molecular weight is 346 g/mol. The van der Waals surface area contributed by atoms with E-state index < -0.39 is 0 Å². The van der Waals surface area contributed by atoms with Gasteiger partial charge in [0.15, 0.2) is 0 Å². The minimum Gasteiger partial charge on any atom is -0.371 e. The second-order valence-corrected chi connectivity index (χ2v) is 7.76. The SMILES string of the molecule is C[C@@H](C1CC1)N(C(=O)CN1CCO[C@@H](c2ccc(F)cc2)C1)C1CC1. The van der Waals surface area contributed by atoms with Gasteiger partial charge in [-0.2, -0.15) is 0 Å². The number of amides is 1. The smallest absolute Gasteiger partial charge is 0.237 e. The second-order valence-electron chi connectivity index (χ2n) is 7.76. The molecular formula is C20H27FN2O2. The van der Waals surface area contributed by atoms with E-state index in [1.54, 1.807) is 12.1 Å². The molecule has 1 aliphatic heterocycles. The predicted octanol–water partition coefficient (Wildman–Crippen LogP) is 2.99. The minimum absolute atomic E-state index is 0.0858. The molecule has 0 spiro atoms. The van der Waals surface area contributed by atoms with Gasteiger partial charge in [0.05, 0.1) is 19.3 Å². The number of benzene rings is 1. The van der Waals surface area contributed by atoms with E-state index in [9.17, 15) is 9.18 Å². The summed E-state index contributed by atoms with van der Waals surface area (Å²) in [5.74, 6) is 0.739. The molecule has 3 fully saturated rings. The molecule has 4 nitrogen and oxygen atoms in total. The molecule has 0 radical (unpaired) electrons. The number of ether oxygens (including phenoxy) is 1. The van der Waals surface area contributed by atoms with Gasteiger partial charge in [0.1, 0.15) is 5.82 Å². The fraction of sp³-hybridized carbons (Fsp3) is 0.650. The van der Waals surface area contributed by atoms with Gasteiger partial charge in [0.2, 0.25) is 5.91 Å². The zero-order chi connectivity index (χ0) is 17.4. The van der Waals surface area contributed by atoms with Gasteiger partial charge < -0.3 is 9.64 Å². The fourth-order valence-corrected chi connectivity index (χ4v) is 3.92. The van der Waals surface area contributed by atoms with Crippen molar-refractivity contribution in [1.29, 1.82) is 0 Å². The number of halogens is 1. The molecule has 4 rings (SSSR count). The van der Waals surface area contributed by atoms with Crippen molar-refractivity contribution in [3.63, 3.8) is 0 Å². The Balaban J connectivity index is 1.37. The predicted molar refractivity (Wildman–Crippen MR) is 93.6 cm³/mol. The first kappa shape index (κ1) is 17.0. The summed E-state index contributed by atoms with van der Waals surface area (Å²) in [5.41, 5.74) is 0.976. The lowest BCUT2D eigenvalue weighted by atomic mass is 10.1. The maximum absolute atomic E-state index is 13.1. The van der Waals surface area contributed by atoms with Crippen LogP contribution in [0.15, 0.2) is 24.3 Å². The highest BCUT2D eigenvalue weighted by atomic mass is 19.1. The molecule has 0 unspecified atom stereocenters. The number of hydrogen-bond donors (Lipinski definition) is 0. The summed E-state index contributed by atoms with van der Waals surface area (Å²) < 4.78 is 19.0. The number of carbonyl (C=O) groups excluding carboxylic acids is 1. The fourth-order valence-electron chi connectivity index (χ4n) is 3.92. The molecule has 2 atom stereocenters. The molecule has 1 saturated heterocycles. The Bertz CT molecular complexity index is 613. The van der Waals surface area contributed by atoms with Crippen LogP contribution in [0.4, 0.5) is 4.39 Å². The van der Waals surface area contributed by atoms with E-state index in [-0.39, 0.29) is 17.8 Å². The van der Waals surface area contributed by atoms with E-state index in [0.717, 1.165) is 24.9 Å². The first-order valence-corrected chi connectivity index (χ1v) is 9.52. The molecule has 1 aromatic carbocycles. The van der Waals surface area contributed by atoms with E-state index in [1.165, 1.54) is 25.0 Å². The van der Waals surface area contributed by atoms with Crippen molar-refractivity contribution in [3.05, 3.63) is 35.6 Å². The topological polar surface area (TPSA) is 32.8 Å². The highest BCUT2D eigenvalue weighted by Gasteiger charge is 2.42. The summed E-state index contributed by atoms with van der Waals surface area (Å²) in [4.78, 5) is 17.3. The number of carbonyl (C=O) groups is 1. The van der Waals surface area contributed by atoms with Gasteiger partial charge in [-0.3, -0.25) is 9.69 Å². The van der Waals surface area contributed by atoms with Gasteiger partial charge in [0, 0.05) is 25.2 Å². The molecule has 2 saturated carbocycles. The van der Waals surface area contributed by atoms with E-state index >= 15 is 0 Å². The van der Waals surface area contributed by atoms with Crippen LogP contribution >= 0.6 is 0 Å². The summed E-state index contributed by atoms with van der Waals surface area (Å²) in [7, 11) is 0. The van der Waals surface area contributed by atoms with Crippen molar-refractivity contribution in [2.45, 2.75) is 50.8 Å². The van der Waals surface area contributed by atoms with Crippen LogP contribution < -0.4 is 0 Å². The maximum atomic E-state index is 13.1. The molecule has 5 heteroatoms. The molecule has 1 heterocycles. The third kappa shape index (κ3) is 4.04. The van der Waals surface area contributed by atoms with E-state index in [0.29, 0.717) is 37.7 Å². The van der Waals surface area contributed by atoms with Gasteiger partial charge in [-0.05, 0) is 56.2 Å². The normalized spacial score (nSPS) is 25.6. The zero-order valence-electron chi connectivity index (χ0n) is 14.9. The van der Waals surface area contributed by atoms with Crippen molar-refractivity contribution in [2.24, 2.45) is 5.92 Å². The van der Waals surface area contributed by atoms with Crippen LogP contribution in [-0.2, 0) is 9.53 Å². The molecule has 25 heavy (non-hydrogen) atoms. The average Bonchev–Trinajstić information content (AvgIpc) is 3.48. The summed E-state index contributed by atoms with van der Waals surface area (Å²) in [6.45, 7) is 4.76. The quantitative estimate of drug-likeness (QED) is 0.794. The van der Waals surface area contributed by atoms with Crippen molar-refractivity contribution in [3.8, 4) is 0 Å². The Morgan fingerprint density at radius 3 is 2.64 bits per heavy atom. The lowest BCUT2D eigenvalue weighted by molar-refractivity contribution is -0.137. The monoisotopic (exact) mass is 346 g/mol. The Labute approximate surface area is 148 Å². The van der Waals surface area contributed by atoms with Crippen LogP contribution in [0.3, 0.4) is 0 Å². The van der Waals surface area contributed by atoms with Crippen LogP contribution in [0.1, 0.15) is 44.3 Å². The molecule has 0 bridgehead atoms. The minimum atomic E-state index is -0.235. The van der Waals surface area contributed by atoms with Crippen molar-refractivity contribution >= 4 is 5.91 Å².